The van der Waals surface area contributed by atoms with Crippen LogP contribution in [0.3, 0.4) is 0 Å². The van der Waals surface area contributed by atoms with E-state index in [1.165, 1.54) is 30.5 Å². The van der Waals surface area contributed by atoms with E-state index in [0.717, 1.165) is 13.0 Å². The van der Waals surface area contributed by atoms with Crippen molar-refractivity contribution in [3.63, 3.8) is 0 Å². The summed E-state index contributed by atoms with van der Waals surface area (Å²) in [5.74, 6) is 1.82. The van der Waals surface area contributed by atoms with Crippen LogP contribution in [0.1, 0.15) is 50.5 Å². The van der Waals surface area contributed by atoms with Crippen LogP contribution in [0.2, 0.25) is 0 Å². The van der Waals surface area contributed by atoms with Crippen LogP contribution in [-0.2, 0) is 4.79 Å². The molecule has 1 aromatic rings. The van der Waals surface area contributed by atoms with E-state index in [1.54, 1.807) is 12.1 Å². The van der Waals surface area contributed by atoms with Crippen molar-refractivity contribution in [2.24, 2.45) is 11.8 Å². The van der Waals surface area contributed by atoms with Gasteiger partial charge in [-0.2, -0.15) is 0 Å². The second kappa shape index (κ2) is 6.86. The van der Waals surface area contributed by atoms with E-state index in [1.807, 2.05) is 18.2 Å². The van der Waals surface area contributed by atoms with Gasteiger partial charge in [0.2, 0.25) is 0 Å². The summed E-state index contributed by atoms with van der Waals surface area (Å²) >= 11 is 0. The highest BCUT2D eigenvalue weighted by Gasteiger charge is 2.32. The number of halogens is 1. The summed E-state index contributed by atoms with van der Waals surface area (Å²) in [6.45, 7) is 3.35. The number of hydrogen-bond acceptors (Lipinski definition) is 2. The second-order valence-corrected chi connectivity index (χ2v) is 7.19. The molecule has 124 valence electrons. The number of ketones is 1. The molecule has 1 fully saturated rings. The quantitative estimate of drug-likeness (QED) is 0.814. The first-order chi connectivity index (χ1) is 11.0. The van der Waals surface area contributed by atoms with Gasteiger partial charge in [0, 0.05) is 31.8 Å². The lowest BCUT2D eigenvalue weighted by molar-refractivity contribution is -0.114. The highest BCUT2D eigenvalue weighted by atomic mass is 19.1. The Morgan fingerprint density at radius 2 is 1.91 bits per heavy atom. The Bertz CT molecular complexity index is 592. The molecule has 3 atom stereocenters. The third kappa shape index (κ3) is 3.65. The SMILES string of the molecule is CC1C(CN(C)C2=CC(=O)CC2)CCC[C@H]1c1ccc(F)cc1. The molecule has 2 aliphatic rings. The number of carbonyl (C=O) groups excluding carboxylic acids is 1. The summed E-state index contributed by atoms with van der Waals surface area (Å²) in [4.78, 5) is 13.7. The number of rotatable bonds is 4. The number of nitrogens with zero attached hydrogens (tertiary/aromatic N) is 1. The van der Waals surface area contributed by atoms with Crippen LogP contribution in [0.5, 0.6) is 0 Å². The molecule has 0 bridgehead atoms. The molecular weight excluding hydrogens is 289 g/mol. The van der Waals surface area contributed by atoms with E-state index in [4.69, 9.17) is 0 Å². The number of carbonyl (C=O) groups is 1. The molecule has 1 saturated carbocycles. The predicted octanol–water partition coefficient (Wildman–Crippen LogP) is 4.52. The second-order valence-electron chi connectivity index (χ2n) is 7.19. The first-order valence-electron chi connectivity index (χ1n) is 8.74. The van der Waals surface area contributed by atoms with E-state index in [-0.39, 0.29) is 11.6 Å². The van der Waals surface area contributed by atoms with E-state index in [2.05, 4.69) is 18.9 Å². The predicted molar refractivity (Wildman–Crippen MR) is 90.6 cm³/mol. The van der Waals surface area contributed by atoms with E-state index in [9.17, 15) is 9.18 Å². The Hall–Kier alpha value is -1.64. The van der Waals surface area contributed by atoms with Gasteiger partial charge in [0.25, 0.3) is 0 Å². The third-order valence-electron chi connectivity index (χ3n) is 5.72. The molecule has 1 aromatic carbocycles. The van der Waals surface area contributed by atoms with Crippen molar-refractivity contribution in [1.29, 1.82) is 0 Å². The third-order valence-corrected chi connectivity index (χ3v) is 5.72. The van der Waals surface area contributed by atoms with Crippen molar-refractivity contribution in [3.8, 4) is 0 Å². The Morgan fingerprint density at radius 3 is 2.57 bits per heavy atom. The van der Waals surface area contributed by atoms with E-state index < -0.39 is 0 Å². The van der Waals surface area contributed by atoms with E-state index in [0.29, 0.717) is 24.2 Å². The number of hydrogen-bond donors (Lipinski definition) is 0. The van der Waals surface area contributed by atoms with Crippen molar-refractivity contribution >= 4 is 5.78 Å². The smallest absolute Gasteiger partial charge is 0.157 e. The highest BCUT2D eigenvalue weighted by molar-refractivity contribution is 5.92. The van der Waals surface area contributed by atoms with Gasteiger partial charge in [0.15, 0.2) is 5.78 Å². The minimum absolute atomic E-state index is 0.161. The van der Waals surface area contributed by atoms with Crippen molar-refractivity contribution in [3.05, 3.63) is 47.4 Å². The Balaban J connectivity index is 1.67. The molecule has 3 rings (SSSR count). The first kappa shape index (κ1) is 16.2. The van der Waals surface area contributed by atoms with Crippen molar-refractivity contribution in [1.82, 2.24) is 4.90 Å². The summed E-state index contributed by atoms with van der Waals surface area (Å²) in [6, 6.07) is 7.04. The fraction of sp³-hybridized carbons (Fsp3) is 0.550. The maximum Gasteiger partial charge on any atom is 0.157 e. The Morgan fingerprint density at radius 1 is 1.17 bits per heavy atom. The molecule has 0 aromatic heterocycles. The van der Waals surface area contributed by atoms with Gasteiger partial charge < -0.3 is 4.90 Å². The molecule has 0 amide bonds. The minimum atomic E-state index is -0.161. The standard InChI is InChI=1S/C20H26FNO/c1-14-16(13-22(2)18-10-11-19(23)12-18)4-3-5-20(14)15-6-8-17(21)9-7-15/h6-9,12,14,16,20H,3-5,10-11,13H2,1-2H3/t14?,16?,20-/m1/s1. The summed E-state index contributed by atoms with van der Waals surface area (Å²) in [5.41, 5.74) is 2.45. The molecule has 0 radical (unpaired) electrons. The fourth-order valence-electron chi connectivity index (χ4n) is 4.24. The van der Waals surface area contributed by atoms with Gasteiger partial charge in [-0.05, 0) is 54.7 Å². The monoisotopic (exact) mass is 315 g/mol. The van der Waals surface area contributed by atoms with Crippen LogP contribution in [0.25, 0.3) is 0 Å². The van der Waals surface area contributed by atoms with Gasteiger partial charge in [-0.3, -0.25) is 4.79 Å². The average Bonchev–Trinajstić information content (AvgIpc) is 2.97. The first-order valence-corrected chi connectivity index (χ1v) is 8.74. The summed E-state index contributed by atoms with van der Waals surface area (Å²) < 4.78 is 13.2. The minimum Gasteiger partial charge on any atom is -0.377 e. The highest BCUT2D eigenvalue weighted by Crippen LogP contribution is 2.41. The molecular formula is C20H26FNO. The maximum absolute atomic E-state index is 13.2. The van der Waals surface area contributed by atoms with Crippen LogP contribution < -0.4 is 0 Å². The Labute approximate surface area is 138 Å². The lowest BCUT2D eigenvalue weighted by atomic mass is 9.70. The zero-order valence-corrected chi connectivity index (χ0v) is 14.1. The normalized spacial score (nSPS) is 27.9. The largest absolute Gasteiger partial charge is 0.377 e. The molecule has 2 aliphatic carbocycles. The van der Waals surface area contributed by atoms with Gasteiger partial charge in [-0.25, -0.2) is 4.39 Å². The topological polar surface area (TPSA) is 20.3 Å². The van der Waals surface area contributed by atoms with Crippen LogP contribution in [0, 0.1) is 17.7 Å². The molecule has 0 saturated heterocycles. The number of allylic oxidation sites excluding steroid dienone is 2. The van der Waals surface area contributed by atoms with Crippen LogP contribution in [-0.4, -0.2) is 24.3 Å². The van der Waals surface area contributed by atoms with Crippen LogP contribution >= 0.6 is 0 Å². The van der Waals surface area contributed by atoms with Gasteiger partial charge >= 0.3 is 0 Å². The van der Waals surface area contributed by atoms with Gasteiger partial charge in [0.1, 0.15) is 5.82 Å². The maximum atomic E-state index is 13.2. The van der Waals surface area contributed by atoms with Crippen molar-refractivity contribution in [2.75, 3.05) is 13.6 Å². The molecule has 3 heteroatoms. The molecule has 0 spiro atoms. The molecule has 2 unspecified atom stereocenters. The molecule has 2 nitrogen and oxygen atoms in total. The average molecular weight is 315 g/mol. The fourth-order valence-corrected chi connectivity index (χ4v) is 4.24. The van der Waals surface area contributed by atoms with Gasteiger partial charge in [0.05, 0.1) is 0 Å². The van der Waals surface area contributed by atoms with E-state index >= 15 is 0 Å². The summed E-state index contributed by atoms with van der Waals surface area (Å²) in [5, 5.41) is 0. The van der Waals surface area contributed by atoms with Gasteiger partial charge in [-0.1, -0.05) is 25.5 Å². The van der Waals surface area contributed by atoms with Gasteiger partial charge in [-0.15, -0.1) is 0 Å². The lowest BCUT2D eigenvalue weighted by Gasteiger charge is -2.39. The van der Waals surface area contributed by atoms with Crippen LogP contribution in [0.4, 0.5) is 4.39 Å². The van der Waals surface area contributed by atoms with Crippen LogP contribution in [0.15, 0.2) is 36.0 Å². The van der Waals surface area contributed by atoms with Crippen molar-refractivity contribution < 1.29 is 9.18 Å². The Kier molecular flexibility index (Phi) is 4.84. The molecule has 0 heterocycles. The number of benzene rings is 1. The zero-order valence-electron chi connectivity index (χ0n) is 14.1. The zero-order chi connectivity index (χ0) is 16.4. The lowest BCUT2D eigenvalue weighted by Crippen LogP contribution is -2.33. The molecule has 0 aliphatic heterocycles. The van der Waals surface area contributed by atoms with Crippen molar-refractivity contribution in [2.45, 2.75) is 44.9 Å². The molecule has 23 heavy (non-hydrogen) atoms. The molecule has 0 N–H and O–H groups in total. The summed E-state index contributed by atoms with van der Waals surface area (Å²) in [7, 11) is 2.11. The summed E-state index contributed by atoms with van der Waals surface area (Å²) in [6.07, 6.45) is 7.02.